The van der Waals surface area contributed by atoms with Crippen LogP contribution in [0.1, 0.15) is 101 Å². The summed E-state index contributed by atoms with van der Waals surface area (Å²) in [6, 6.07) is -0.276. The lowest BCUT2D eigenvalue weighted by molar-refractivity contribution is -0.152. The van der Waals surface area contributed by atoms with E-state index in [4.69, 9.17) is 9.47 Å². The van der Waals surface area contributed by atoms with Crippen molar-refractivity contribution in [1.29, 1.82) is 0 Å². The number of aromatic nitrogens is 1. The summed E-state index contributed by atoms with van der Waals surface area (Å²) in [7, 11) is 0. The smallest absolute Gasteiger partial charge is 0.265 e. The number of carbonyl (C=O) groups excluding carboxylic acids is 3. The van der Waals surface area contributed by atoms with E-state index >= 15 is 0 Å². The Labute approximate surface area is 266 Å². The van der Waals surface area contributed by atoms with Crippen molar-refractivity contribution in [1.82, 2.24) is 20.1 Å². The largest absolute Gasteiger partial charge is 0.376 e. The van der Waals surface area contributed by atoms with Crippen LogP contribution in [0.5, 0.6) is 0 Å². The molecule has 6 rings (SSSR count). The van der Waals surface area contributed by atoms with E-state index < -0.39 is 11.3 Å². The number of likely N-dealkylation sites (tertiary alicyclic amines) is 2. The second kappa shape index (κ2) is 13.4. The molecule has 3 saturated carbocycles. The van der Waals surface area contributed by atoms with Crippen LogP contribution in [0.4, 0.5) is 0 Å². The highest BCUT2D eigenvalue weighted by atomic mass is 32.1. The van der Waals surface area contributed by atoms with Crippen molar-refractivity contribution in [2.75, 3.05) is 39.4 Å². The average Bonchev–Trinajstić information content (AvgIpc) is 3.38. The molecule has 10 heteroatoms. The summed E-state index contributed by atoms with van der Waals surface area (Å²) in [5, 5.41) is 3.36. The molecule has 44 heavy (non-hydrogen) atoms. The van der Waals surface area contributed by atoms with Crippen molar-refractivity contribution < 1.29 is 23.9 Å². The van der Waals surface area contributed by atoms with Crippen molar-refractivity contribution in [2.45, 2.75) is 110 Å². The van der Waals surface area contributed by atoms with Crippen LogP contribution < -0.4 is 5.32 Å². The average molecular weight is 629 g/mol. The molecule has 2 saturated heterocycles. The molecular formula is C34H52N4O5S. The number of ether oxygens (including phenoxy) is 2. The van der Waals surface area contributed by atoms with Crippen molar-refractivity contribution in [3.8, 4) is 0 Å². The number of hydrogen-bond acceptors (Lipinski definition) is 7. The summed E-state index contributed by atoms with van der Waals surface area (Å²) in [5.41, 5.74) is 1.27. The molecule has 0 bridgehead atoms. The van der Waals surface area contributed by atoms with Crippen LogP contribution >= 0.6 is 11.3 Å². The first-order valence-corrected chi connectivity index (χ1v) is 18.0. The number of hydrogen-bond donors (Lipinski definition) is 1. The molecule has 3 heterocycles. The van der Waals surface area contributed by atoms with Gasteiger partial charge in [-0.3, -0.25) is 19.4 Å². The lowest BCUT2D eigenvalue weighted by Crippen LogP contribution is -2.65. The fourth-order valence-electron chi connectivity index (χ4n) is 8.07. The standard InChI is InChI=1S/C34H52N4O5S/c1-23(42-17-24-10-6-4-7-11-24)28(18-43-25-12-8-5-9-13-25)36-30(39)27-16-37(32(41)29-15-35-22-44-29)19-34(27)20-38(21-34)31(40)26-14-33(26,2)3/h15,22-28H,4-14,16-21H2,1-3H3,(H,36,39)/t23-,26-,27+,28-/m1/s1. The fourth-order valence-corrected chi connectivity index (χ4v) is 8.66. The summed E-state index contributed by atoms with van der Waals surface area (Å²) in [5.74, 6) is 0.285. The van der Waals surface area contributed by atoms with Gasteiger partial charge in [0.2, 0.25) is 11.8 Å². The molecule has 1 aromatic heterocycles. The number of rotatable bonds is 11. The molecule has 3 aliphatic carbocycles. The van der Waals surface area contributed by atoms with E-state index in [0.717, 1.165) is 25.9 Å². The molecule has 0 radical (unpaired) electrons. The van der Waals surface area contributed by atoms with Crippen LogP contribution in [-0.4, -0.2) is 90.1 Å². The number of amides is 3. The van der Waals surface area contributed by atoms with Gasteiger partial charge in [0.15, 0.2) is 0 Å². The summed E-state index contributed by atoms with van der Waals surface area (Å²) in [6.07, 6.45) is 14.6. The Morgan fingerprint density at radius 3 is 2.30 bits per heavy atom. The van der Waals surface area contributed by atoms with Crippen LogP contribution in [-0.2, 0) is 19.1 Å². The van der Waals surface area contributed by atoms with Crippen LogP contribution in [0.2, 0.25) is 0 Å². The first kappa shape index (κ1) is 31.9. The van der Waals surface area contributed by atoms with Gasteiger partial charge in [0.1, 0.15) is 4.88 Å². The van der Waals surface area contributed by atoms with E-state index in [2.05, 4.69) is 31.1 Å². The van der Waals surface area contributed by atoms with E-state index in [1.165, 1.54) is 62.7 Å². The lowest BCUT2D eigenvalue weighted by Gasteiger charge is -2.50. The summed E-state index contributed by atoms with van der Waals surface area (Å²) in [6.45, 7) is 9.31. The van der Waals surface area contributed by atoms with Gasteiger partial charge in [0, 0.05) is 44.1 Å². The van der Waals surface area contributed by atoms with Crippen molar-refractivity contribution in [3.05, 3.63) is 16.6 Å². The highest BCUT2D eigenvalue weighted by Crippen LogP contribution is 2.54. The Bertz CT molecular complexity index is 1160. The van der Waals surface area contributed by atoms with Gasteiger partial charge < -0.3 is 24.6 Å². The number of nitrogens with one attached hydrogen (secondary N) is 1. The van der Waals surface area contributed by atoms with Gasteiger partial charge in [0.25, 0.3) is 5.91 Å². The number of carbonyl (C=O) groups is 3. The fraction of sp³-hybridized carbons (Fsp3) is 0.824. The minimum Gasteiger partial charge on any atom is -0.376 e. The van der Waals surface area contributed by atoms with Crippen molar-refractivity contribution >= 4 is 29.1 Å². The molecule has 4 atom stereocenters. The van der Waals surface area contributed by atoms with Crippen LogP contribution in [0.3, 0.4) is 0 Å². The quantitative estimate of drug-likeness (QED) is 0.374. The molecule has 1 N–H and O–H groups in total. The monoisotopic (exact) mass is 628 g/mol. The third-order valence-electron chi connectivity index (χ3n) is 11.3. The molecule has 1 aromatic rings. The van der Waals surface area contributed by atoms with Gasteiger partial charge in [-0.05, 0) is 50.4 Å². The van der Waals surface area contributed by atoms with Gasteiger partial charge in [-0.1, -0.05) is 52.4 Å². The summed E-state index contributed by atoms with van der Waals surface area (Å²) >= 11 is 1.32. The molecule has 2 aliphatic heterocycles. The first-order chi connectivity index (χ1) is 21.1. The maximum Gasteiger partial charge on any atom is 0.265 e. The predicted octanol–water partition coefficient (Wildman–Crippen LogP) is 4.91. The maximum absolute atomic E-state index is 14.2. The first-order valence-electron chi connectivity index (χ1n) is 17.2. The third-order valence-corrected chi connectivity index (χ3v) is 12.1. The van der Waals surface area contributed by atoms with Gasteiger partial charge in [-0.2, -0.15) is 0 Å². The molecule has 9 nitrogen and oxygen atoms in total. The highest BCUT2D eigenvalue weighted by molar-refractivity contribution is 7.11. The Morgan fingerprint density at radius 1 is 1.00 bits per heavy atom. The second-order valence-corrected chi connectivity index (χ2v) is 16.0. The summed E-state index contributed by atoms with van der Waals surface area (Å²) < 4.78 is 12.8. The Balaban J connectivity index is 1.14. The predicted molar refractivity (Wildman–Crippen MR) is 169 cm³/mol. The van der Waals surface area contributed by atoms with Gasteiger partial charge in [-0.25, -0.2) is 0 Å². The molecular weight excluding hydrogens is 576 g/mol. The van der Waals surface area contributed by atoms with E-state index in [1.54, 1.807) is 16.6 Å². The zero-order chi connectivity index (χ0) is 30.9. The van der Waals surface area contributed by atoms with Gasteiger partial charge in [-0.15, -0.1) is 11.3 Å². The van der Waals surface area contributed by atoms with E-state index in [0.29, 0.717) is 43.6 Å². The molecule has 0 unspecified atom stereocenters. The molecule has 244 valence electrons. The highest BCUT2D eigenvalue weighted by Gasteiger charge is 2.62. The second-order valence-electron chi connectivity index (χ2n) is 15.2. The van der Waals surface area contributed by atoms with E-state index in [-0.39, 0.29) is 47.3 Å². The topological polar surface area (TPSA) is 101 Å². The minimum atomic E-state index is -0.444. The number of thiazole rings is 1. The Hall–Kier alpha value is -2.04. The molecule has 3 amide bonds. The molecule has 0 aromatic carbocycles. The minimum absolute atomic E-state index is 0.0553. The van der Waals surface area contributed by atoms with Crippen molar-refractivity contribution in [2.24, 2.45) is 28.6 Å². The number of nitrogens with zero attached hydrogens (tertiary/aromatic N) is 3. The van der Waals surface area contributed by atoms with Crippen molar-refractivity contribution in [3.63, 3.8) is 0 Å². The maximum atomic E-state index is 14.2. The van der Waals surface area contributed by atoms with Crippen LogP contribution in [0.25, 0.3) is 0 Å². The van der Waals surface area contributed by atoms with Crippen LogP contribution in [0, 0.1) is 28.6 Å². The molecule has 5 fully saturated rings. The molecule has 1 spiro atoms. The van der Waals surface area contributed by atoms with E-state index in [9.17, 15) is 14.4 Å². The normalized spacial score (nSPS) is 28.0. The SMILES string of the molecule is C[C@@H](OCC1CCCCC1)[C@@H](COC1CCCCC1)NC(=O)[C@@H]1CN(C(=O)c2cncs2)CC12CN(C(=O)[C@H]1CC1(C)C)C2. The van der Waals surface area contributed by atoms with Gasteiger partial charge >= 0.3 is 0 Å². The van der Waals surface area contributed by atoms with Gasteiger partial charge in [0.05, 0.1) is 42.5 Å². The zero-order valence-electron chi connectivity index (χ0n) is 26.9. The lowest BCUT2D eigenvalue weighted by atomic mass is 9.70. The molecule has 5 aliphatic rings. The van der Waals surface area contributed by atoms with E-state index in [1.807, 2.05) is 4.90 Å². The zero-order valence-corrected chi connectivity index (χ0v) is 27.7. The Kier molecular flexibility index (Phi) is 9.70. The third kappa shape index (κ3) is 7.02. The summed E-state index contributed by atoms with van der Waals surface area (Å²) in [4.78, 5) is 49.3. The Morgan fingerprint density at radius 2 is 1.66 bits per heavy atom. The van der Waals surface area contributed by atoms with Crippen LogP contribution in [0.15, 0.2) is 11.7 Å².